The molecule has 9 heteroatoms. The highest BCUT2D eigenvalue weighted by atomic mass is 32.2. The van der Waals surface area contributed by atoms with E-state index in [0.717, 1.165) is 24.2 Å². The summed E-state index contributed by atoms with van der Waals surface area (Å²) in [4.78, 5) is 13.8. The molecule has 0 saturated carbocycles. The quantitative estimate of drug-likeness (QED) is 0.700. The number of fused-ring (bicyclic) bond motifs is 1. The van der Waals surface area contributed by atoms with Crippen LogP contribution in [0.25, 0.3) is 0 Å². The van der Waals surface area contributed by atoms with Gasteiger partial charge in [0.05, 0.1) is 19.7 Å². The summed E-state index contributed by atoms with van der Waals surface area (Å²) in [6.45, 7) is 1.03. The smallest absolute Gasteiger partial charge is 0.410 e. The van der Waals surface area contributed by atoms with E-state index in [1.165, 1.54) is 22.7 Å². The van der Waals surface area contributed by atoms with E-state index in [0.29, 0.717) is 6.54 Å². The highest BCUT2D eigenvalue weighted by Crippen LogP contribution is 2.29. The Bertz CT molecular complexity index is 750. The number of methoxy groups -OCH3 is 1. The van der Waals surface area contributed by atoms with Crippen molar-refractivity contribution in [3.63, 3.8) is 0 Å². The third kappa shape index (κ3) is 3.65. The van der Waals surface area contributed by atoms with Gasteiger partial charge in [0.1, 0.15) is 11.9 Å². The molecule has 0 aromatic heterocycles. The van der Waals surface area contributed by atoms with Crippen molar-refractivity contribution in [1.82, 2.24) is 13.5 Å². The van der Waals surface area contributed by atoms with Crippen molar-refractivity contribution in [2.24, 2.45) is 0 Å². The molecule has 0 aliphatic carbocycles. The fraction of sp³-hybridized carbons (Fsp3) is 0.588. The van der Waals surface area contributed by atoms with E-state index in [9.17, 15) is 13.2 Å². The molecule has 1 aromatic rings. The highest BCUT2D eigenvalue weighted by Gasteiger charge is 2.50. The first-order valence-electron chi connectivity index (χ1n) is 8.60. The Morgan fingerprint density at radius 1 is 1.23 bits per heavy atom. The minimum absolute atomic E-state index is 0.214. The lowest BCUT2D eigenvalue weighted by Crippen LogP contribution is -2.43. The molecule has 8 nitrogen and oxygen atoms in total. The molecule has 26 heavy (non-hydrogen) atoms. The third-order valence-corrected chi connectivity index (χ3v) is 6.78. The molecule has 0 N–H and O–H groups in total. The van der Waals surface area contributed by atoms with Crippen molar-refractivity contribution in [2.45, 2.75) is 25.0 Å². The summed E-state index contributed by atoms with van der Waals surface area (Å²) in [7, 11) is 1.14. The fourth-order valence-electron chi connectivity index (χ4n) is 3.39. The zero-order valence-corrected chi connectivity index (χ0v) is 16.1. The number of rotatable bonds is 7. The summed E-state index contributed by atoms with van der Waals surface area (Å²) in [5.41, 5.74) is 1.16. The Kier molecular flexibility index (Phi) is 5.40. The second-order valence-electron chi connectivity index (χ2n) is 6.74. The van der Waals surface area contributed by atoms with Crippen LogP contribution in [0.5, 0.6) is 5.75 Å². The van der Waals surface area contributed by atoms with E-state index < -0.39 is 16.3 Å². The first kappa shape index (κ1) is 18.9. The van der Waals surface area contributed by atoms with Crippen LogP contribution in [0.2, 0.25) is 0 Å². The fourth-order valence-corrected chi connectivity index (χ4v) is 4.53. The minimum atomic E-state index is -3.49. The second kappa shape index (κ2) is 7.42. The van der Waals surface area contributed by atoms with E-state index in [-0.39, 0.29) is 25.2 Å². The molecule has 0 bridgehead atoms. The van der Waals surface area contributed by atoms with Crippen molar-refractivity contribution in [3.8, 4) is 5.75 Å². The molecule has 2 heterocycles. The van der Waals surface area contributed by atoms with Gasteiger partial charge in [0.25, 0.3) is 10.2 Å². The van der Waals surface area contributed by atoms with Gasteiger partial charge >= 0.3 is 6.09 Å². The minimum Gasteiger partial charge on any atom is -0.497 e. The largest absolute Gasteiger partial charge is 0.497 e. The molecule has 2 fully saturated rings. The van der Waals surface area contributed by atoms with Crippen molar-refractivity contribution in [1.29, 1.82) is 0 Å². The Balaban J connectivity index is 1.57. The number of hydrogen-bond acceptors (Lipinski definition) is 5. The van der Waals surface area contributed by atoms with Crippen LogP contribution in [0, 0.1) is 0 Å². The van der Waals surface area contributed by atoms with Gasteiger partial charge < -0.3 is 14.4 Å². The van der Waals surface area contributed by atoms with Gasteiger partial charge in [0.15, 0.2) is 0 Å². The molecule has 1 aromatic carbocycles. The lowest BCUT2D eigenvalue weighted by molar-refractivity contribution is 0.128. The van der Waals surface area contributed by atoms with Gasteiger partial charge in [-0.3, -0.25) is 0 Å². The van der Waals surface area contributed by atoms with Crippen LogP contribution in [0.1, 0.15) is 12.0 Å². The van der Waals surface area contributed by atoms with Gasteiger partial charge in [0.2, 0.25) is 0 Å². The van der Waals surface area contributed by atoms with E-state index in [2.05, 4.69) is 0 Å². The maximum atomic E-state index is 12.3. The second-order valence-corrected chi connectivity index (χ2v) is 8.88. The van der Waals surface area contributed by atoms with Gasteiger partial charge in [-0.1, -0.05) is 12.1 Å². The summed E-state index contributed by atoms with van der Waals surface area (Å²) in [6.07, 6.45) is 0.866. The van der Waals surface area contributed by atoms with Crippen molar-refractivity contribution >= 4 is 16.3 Å². The highest BCUT2D eigenvalue weighted by molar-refractivity contribution is 7.86. The Labute approximate surface area is 154 Å². The summed E-state index contributed by atoms with van der Waals surface area (Å²) >= 11 is 0. The molecule has 144 valence electrons. The maximum absolute atomic E-state index is 12.3. The molecule has 2 atom stereocenters. The predicted molar refractivity (Wildman–Crippen MR) is 96.3 cm³/mol. The van der Waals surface area contributed by atoms with E-state index in [4.69, 9.17) is 9.47 Å². The summed E-state index contributed by atoms with van der Waals surface area (Å²) in [5.74, 6) is 0.813. The first-order chi connectivity index (χ1) is 12.3. The molecule has 1 amide bonds. The monoisotopic (exact) mass is 383 g/mol. The lowest BCUT2D eigenvalue weighted by atomic mass is 10.1. The summed E-state index contributed by atoms with van der Waals surface area (Å²) in [6, 6.07) is 7.62. The molecule has 0 radical (unpaired) electrons. The van der Waals surface area contributed by atoms with Crippen molar-refractivity contribution in [2.75, 3.05) is 40.8 Å². The van der Waals surface area contributed by atoms with Gasteiger partial charge in [-0.15, -0.1) is 0 Å². The van der Waals surface area contributed by atoms with Crippen LogP contribution in [0.15, 0.2) is 24.3 Å². The zero-order valence-electron chi connectivity index (χ0n) is 15.3. The van der Waals surface area contributed by atoms with Gasteiger partial charge in [-0.05, 0) is 30.5 Å². The molecular weight excluding hydrogens is 358 g/mol. The van der Waals surface area contributed by atoms with E-state index in [1.807, 2.05) is 24.3 Å². The van der Waals surface area contributed by atoms with Gasteiger partial charge in [-0.25, -0.2) is 4.79 Å². The molecule has 0 unspecified atom stereocenters. The first-order valence-corrected chi connectivity index (χ1v) is 10.0. The Morgan fingerprint density at radius 2 is 1.92 bits per heavy atom. The van der Waals surface area contributed by atoms with Crippen LogP contribution in [-0.2, 0) is 21.4 Å². The SMILES string of the molecule is COc1ccc(CCCN2C(=O)O[C@H]3CN(S(=O)(=O)N(C)C)C[C@H]32)cc1. The van der Waals surface area contributed by atoms with Crippen LogP contribution in [0.4, 0.5) is 4.79 Å². The topological polar surface area (TPSA) is 79.4 Å². The average Bonchev–Trinajstić information content (AvgIpc) is 3.14. The normalized spacial score (nSPS) is 23.4. The number of amides is 1. The number of hydrogen-bond donors (Lipinski definition) is 0. The number of ether oxygens (including phenoxy) is 2. The molecule has 3 rings (SSSR count). The third-order valence-electron chi connectivity index (χ3n) is 4.90. The van der Waals surface area contributed by atoms with Crippen molar-refractivity contribution < 1.29 is 22.7 Å². The Morgan fingerprint density at radius 3 is 2.54 bits per heavy atom. The molecule has 0 spiro atoms. The van der Waals surface area contributed by atoms with E-state index >= 15 is 0 Å². The van der Waals surface area contributed by atoms with Crippen LogP contribution in [-0.4, -0.2) is 81.0 Å². The predicted octanol–water partition coefficient (Wildman–Crippen LogP) is 0.939. The number of aryl methyl sites for hydroxylation is 1. The molecule has 2 saturated heterocycles. The van der Waals surface area contributed by atoms with Crippen molar-refractivity contribution in [3.05, 3.63) is 29.8 Å². The zero-order chi connectivity index (χ0) is 18.9. The molecule has 2 aliphatic heterocycles. The maximum Gasteiger partial charge on any atom is 0.410 e. The van der Waals surface area contributed by atoms with Crippen LogP contribution >= 0.6 is 0 Å². The Hall–Kier alpha value is -1.84. The van der Waals surface area contributed by atoms with Gasteiger partial charge in [0, 0.05) is 27.2 Å². The van der Waals surface area contributed by atoms with Gasteiger partial charge in [-0.2, -0.15) is 17.0 Å². The number of nitrogens with zero attached hydrogens (tertiary/aromatic N) is 3. The number of benzene rings is 1. The van der Waals surface area contributed by atoms with Crippen LogP contribution < -0.4 is 4.74 Å². The average molecular weight is 383 g/mol. The number of carbonyl (C=O) groups excluding carboxylic acids is 1. The summed E-state index contributed by atoms with van der Waals surface area (Å²) in [5, 5.41) is 0. The van der Waals surface area contributed by atoms with E-state index in [1.54, 1.807) is 12.0 Å². The molecular formula is C17H25N3O5S. The standard InChI is InChI=1S/C17H25N3O5S/c1-18(2)26(22,23)19-11-15-16(12-19)25-17(21)20(15)10-4-5-13-6-8-14(24-3)9-7-13/h6-9,15-16H,4-5,10-12H2,1-3H3/t15-,16+/m1/s1. The number of carbonyl (C=O) groups is 1. The van der Waals surface area contributed by atoms with Crippen LogP contribution in [0.3, 0.4) is 0 Å². The molecule has 2 aliphatic rings. The summed E-state index contributed by atoms with van der Waals surface area (Å²) < 4.78 is 37.7. The lowest BCUT2D eigenvalue weighted by Gasteiger charge is -2.24.